The molecule has 0 radical (unpaired) electrons. The molecule has 0 spiro atoms. The predicted octanol–water partition coefficient (Wildman–Crippen LogP) is 3.51. The van der Waals surface area contributed by atoms with Gasteiger partial charge >= 0.3 is 0 Å². The zero-order chi connectivity index (χ0) is 21.9. The van der Waals surface area contributed by atoms with E-state index in [2.05, 4.69) is 52.0 Å². The van der Waals surface area contributed by atoms with E-state index < -0.39 is 0 Å². The van der Waals surface area contributed by atoms with Crippen molar-refractivity contribution >= 4 is 11.9 Å². The number of benzene rings is 2. The van der Waals surface area contributed by atoms with Gasteiger partial charge in [-0.1, -0.05) is 36.4 Å². The largest absolute Gasteiger partial charge is 0.497 e. The van der Waals surface area contributed by atoms with Crippen LogP contribution in [-0.4, -0.2) is 44.0 Å². The number of ether oxygens (including phenoxy) is 1. The molecular weight excluding hydrogens is 388 g/mol. The van der Waals surface area contributed by atoms with E-state index in [1.165, 1.54) is 16.7 Å². The lowest BCUT2D eigenvalue weighted by Crippen LogP contribution is -2.37. The molecule has 2 aromatic carbocycles. The van der Waals surface area contributed by atoms with Crippen LogP contribution in [0.1, 0.15) is 42.4 Å². The number of carbonyl (C=O) groups is 1. The highest BCUT2D eigenvalue weighted by Gasteiger charge is 2.19. The van der Waals surface area contributed by atoms with Crippen molar-refractivity contribution in [1.29, 1.82) is 0 Å². The predicted molar refractivity (Wildman–Crippen MR) is 125 cm³/mol. The first-order valence-electron chi connectivity index (χ1n) is 11.1. The van der Waals surface area contributed by atoms with E-state index in [9.17, 15) is 4.79 Å². The van der Waals surface area contributed by atoms with Gasteiger partial charge in [0.05, 0.1) is 7.11 Å². The smallest absolute Gasteiger partial charge is 0.222 e. The number of aryl methyl sites for hydroxylation is 1. The first-order chi connectivity index (χ1) is 15.2. The van der Waals surface area contributed by atoms with Gasteiger partial charge in [-0.15, -0.1) is 0 Å². The van der Waals surface area contributed by atoms with Crippen LogP contribution >= 0.6 is 0 Å². The molecule has 0 unspecified atom stereocenters. The fourth-order valence-electron chi connectivity index (χ4n) is 3.79. The second-order valence-electron chi connectivity index (χ2n) is 7.90. The molecule has 31 heavy (non-hydrogen) atoms. The third-order valence-electron chi connectivity index (χ3n) is 5.56. The van der Waals surface area contributed by atoms with Crippen molar-refractivity contribution in [3.63, 3.8) is 0 Å². The summed E-state index contributed by atoms with van der Waals surface area (Å²) in [5.74, 6) is 1.97. The van der Waals surface area contributed by atoms with Crippen LogP contribution in [0.25, 0.3) is 0 Å². The Bertz CT molecular complexity index is 864. The zero-order valence-corrected chi connectivity index (χ0v) is 18.7. The van der Waals surface area contributed by atoms with Crippen molar-refractivity contribution < 1.29 is 9.53 Å². The van der Waals surface area contributed by atoms with E-state index in [-0.39, 0.29) is 5.91 Å². The van der Waals surface area contributed by atoms with Gasteiger partial charge in [0.25, 0.3) is 0 Å². The summed E-state index contributed by atoms with van der Waals surface area (Å²) in [6, 6.07) is 16.7. The Morgan fingerprint density at radius 2 is 1.87 bits per heavy atom. The molecule has 0 saturated carbocycles. The van der Waals surface area contributed by atoms with Crippen LogP contribution in [0.4, 0.5) is 0 Å². The molecule has 0 aliphatic carbocycles. The standard InChI is InChI=1S/C25H34N4O2/c1-26-25(27-15-4-3-7-20-11-13-23(31-2)14-12-20)28-18-21-8-5-9-22(17-21)19-29-16-6-10-24(29)30/h5,8-9,11-14,17H,3-4,6-7,10,15-16,18-19H2,1-2H3,(H2,26,27,28). The third-order valence-corrected chi connectivity index (χ3v) is 5.56. The number of hydrogen-bond acceptors (Lipinski definition) is 3. The van der Waals surface area contributed by atoms with Crippen LogP contribution in [0, 0.1) is 0 Å². The van der Waals surface area contributed by atoms with Gasteiger partial charge in [0.2, 0.25) is 5.91 Å². The molecule has 1 aliphatic rings. The van der Waals surface area contributed by atoms with Crippen LogP contribution in [-0.2, 0) is 24.3 Å². The molecule has 2 aromatic rings. The number of carbonyl (C=O) groups excluding carboxylic acids is 1. The monoisotopic (exact) mass is 422 g/mol. The van der Waals surface area contributed by atoms with Crippen LogP contribution < -0.4 is 15.4 Å². The van der Waals surface area contributed by atoms with Gasteiger partial charge < -0.3 is 20.3 Å². The maximum absolute atomic E-state index is 11.9. The van der Waals surface area contributed by atoms with E-state index in [1.54, 1.807) is 14.2 Å². The second kappa shape index (κ2) is 12.0. The van der Waals surface area contributed by atoms with Gasteiger partial charge in [0.15, 0.2) is 5.96 Å². The Labute approximate surface area is 185 Å². The van der Waals surface area contributed by atoms with E-state index in [1.807, 2.05) is 17.0 Å². The topological polar surface area (TPSA) is 66.0 Å². The number of likely N-dealkylation sites (tertiary alicyclic amines) is 1. The van der Waals surface area contributed by atoms with Gasteiger partial charge in [-0.05, 0) is 54.5 Å². The van der Waals surface area contributed by atoms with Gasteiger partial charge in [0.1, 0.15) is 5.75 Å². The fourth-order valence-corrected chi connectivity index (χ4v) is 3.79. The summed E-state index contributed by atoms with van der Waals surface area (Å²) < 4.78 is 5.20. The molecule has 1 amide bonds. The van der Waals surface area contributed by atoms with Crippen molar-refractivity contribution in [1.82, 2.24) is 15.5 Å². The molecule has 3 rings (SSSR count). The van der Waals surface area contributed by atoms with Crippen molar-refractivity contribution in [2.45, 2.75) is 45.2 Å². The molecule has 0 atom stereocenters. The number of nitrogens with one attached hydrogen (secondary N) is 2. The highest BCUT2D eigenvalue weighted by Crippen LogP contribution is 2.15. The number of hydrogen-bond donors (Lipinski definition) is 2. The lowest BCUT2D eigenvalue weighted by molar-refractivity contribution is -0.128. The summed E-state index contributed by atoms with van der Waals surface area (Å²) in [6.07, 6.45) is 4.91. The Morgan fingerprint density at radius 3 is 2.58 bits per heavy atom. The summed E-state index contributed by atoms with van der Waals surface area (Å²) in [6.45, 7) is 3.16. The first kappa shape index (κ1) is 22.7. The van der Waals surface area contributed by atoms with Gasteiger partial charge in [-0.2, -0.15) is 0 Å². The van der Waals surface area contributed by atoms with Crippen molar-refractivity contribution in [2.24, 2.45) is 4.99 Å². The van der Waals surface area contributed by atoms with Gasteiger partial charge in [-0.3, -0.25) is 9.79 Å². The van der Waals surface area contributed by atoms with Crippen LogP contribution in [0.3, 0.4) is 0 Å². The number of aliphatic imine (C=N–C) groups is 1. The van der Waals surface area contributed by atoms with Gasteiger partial charge in [0, 0.05) is 39.6 Å². The Balaban J connectivity index is 1.36. The minimum Gasteiger partial charge on any atom is -0.497 e. The summed E-state index contributed by atoms with van der Waals surface area (Å²) >= 11 is 0. The number of unbranched alkanes of at least 4 members (excludes halogenated alkanes) is 1. The maximum atomic E-state index is 11.9. The molecule has 166 valence electrons. The first-order valence-corrected chi connectivity index (χ1v) is 11.1. The highest BCUT2D eigenvalue weighted by atomic mass is 16.5. The average molecular weight is 423 g/mol. The number of guanidine groups is 1. The summed E-state index contributed by atoms with van der Waals surface area (Å²) in [5, 5.41) is 6.77. The van der Waals surface area contributed by atoms with Gasteiger partial charge in [-0.25, -0.2) is 0 Å². The molecular formula is C25H34N4O2. The lowest BCUT2D eigenvalue weighted by atomic mass is 10.1. The second-order valence-corrected chi connectivity index (χ2v) is 7.90. The average Bonchev–Trinajstić information content (AvgIpc) is 3.20. The van der Waals surface area contributed by atoms with Crippen molar-refractivity contribution in [3.8, 4) is 5.75 Å². The highest BCUT2D eigenvalue weighted by molar-refractivity contribution is 5.79. The van der Waals surface area contributed by atoms with E-state index in [4.69, 9.17) is 4.74 Å². The Hall–Kier alpha value is -3.02. The molecule has 6 heteroatoms. The molecule has 1 heterocycles. The molecule has 1 aliphatic heterocycles. The fraction of sp³-hybridized carbons (Fsp3) is 0.440. The van der Waals surface area contributed by atoms with Crippen LogP contribution in [0.15, 0.2) is 53.5 Å². The minimum absolute atomic E-state index is 0.264. The van der Waals surface area contributed by atoms with Crippen molar-refractivity contribution in [3.05, 3.63) is 65.2 Å². The number of methoxy groups -OCH3 is 1. The molecule has 0 aromatic heterocycles. The normalized spacial score (nSPS) is 14.1. The SMILES string of the molecule is CN=C(NCCCCc1ccc(OC)cc1)NCc1cccc(CN2CCCC2=O)c1. The van der Waals surface area contributed by atoms with E-state index in [0.717, 1.165) is 50.5 Å². The van der Waals surface area contributed by atoms with E-state index in [0.29, 0.717) is 19.5 Å². The molecule has 0 bridgehead atoms. The third kappa shape index (κ3) is 7.31. The number of amides is 1. The number of nitrogens with zero attached hydrogens (tertiary/aromatic N) is 2. The lowest BCUT2D eigenvalue weighted by Gasteiger charge is -2.16. The Morgan fingerprint density at radius 1 is 1.06 bits per heavy atom. The minimum atomic E-state index is 0.264. The molecule has 1 fully saturated rings. The molecule has 1 saturated heterocycles. The van der Waals surface area contributed by atoms with E-state index >= 15 is 0 Å². The Kier molecular flexibility index (Phi) is 8.76. The summed E-state index contributed by atoms with van der Waals surface area (Å²) in [4.78, 5) is 18.1. The van der Waals surface area contributed by atoms with Crippen molar-refractivity contribution in [2.75, 3.05) is 27.2 Å². The maximum Gasteiger partial charge on any atom is 0.222 e. The molecule has 2 N–H and O–H groups in total. The molecule has 6 nitrogen and oxygen atoms in total. The summed E-state index contributed by atoms with van der Waals surface area (Å²) in [5.41, 5.74) is 3.70. The zero-order valence-electron chi connectivity index (χ0n) is 18.7. The van der Waals surface area contributed by atoms with Crippen LogP contribution in [0.5, 0.6) is 5.75 Å². The quantitative estimate of drug-likeness (QED) is 0.349. The number of rotatable bonds is 10. The summed E-state index contributed by atoms with van der Waals surface area (Å²) in [7, 11) is 3.48. The van der Waals surface area contributed by atoms with Crippen LogP contribution in [0.2, 0.25) is 0 Å².